The number of rotatable bonds is 7. The van der Waals surface area contributed by atoms with Crippen molar-refractivity contribution in [1.29, 1.82) is 0 Å². The van der Waals surface area contributed by atoms with Crippen molar-refractivity contribution in [3.63, 3.8) is 0 Å². The molecule has 198 valence electrons. The van der Waals surface area contributed by atoms with Crippen LogP contribution in [0.2, 0.25) is 0 Å². The largest absolute Gasteiger partial charge is 0.372 e. The van der Waals surface area contributed by atoms with Gasteiger partial charge in [-0.25, -0.2) is 9.37 Å². The van der Waals surface area contributed by atoms with Crippen LogP contribution in [0, 0.1) is 11.2 Å². The first kappa shape index (κ1) is 26.2. The van der Waals surface area contributed by atoms with Crippen molar-refractivity contribution in [2.45, 2.75) is 57.4 Å². The lowest BCUT2D eigenvalue weighted by atomic mass is 9.69. The predicted octanol–water partition coefficient (Wildman–Crippen LogP) is 6.25. The van der Waals surface area contributed by atoms with Gasteiger partial charge in [-0.3, -0.25) is 9.59 Å². The molecule has 2 aromatic carbocycles. The number of benzene rings is 2. The number of halogens is 1. The van der Waals surface area contributed by atoms with E-state index < -0.39 is 5.92 Å². The van der Waals surface area contributed by atoms with E-state index >= 15 is 0 Å². The van der Waals surface area contributed by atoms with Crippen LogP contribution in [0.3, 0.4) is 0 Å². The molecule has 0 spiro atoms. The lowest BCUT2D eigenvalue weighted by molar-refractivity contribution is -0.118. The molecule has 6 nitrogen and oxygen atoms in total. The summed E-state index contributed by atoms with van der Waals surface area (Å²) in [5, 5.41) is 3.76. The maximum atomic E-state index is 14.1. The van der Waals surface area contributed by atoms with Crippen LogP contribution in [0.1, 0.15) is 63.1 Å². The molecule has 5 rings (SSSR count). The van der Waals surface area contributed by atoms with Gasteiger partial charge in [0.2, 0.25) is 0 Å². The maximum Gasteiger partial charge on any atom is 0.257 e. The van der Waals surface area contributed by atoms with E-state index in [1.807, 2.05) is 12.1 Å². The number of hydrogen-bond acceptors (Lipinski definition) is 6. The van der Waals surface area contributed by atoms with Crippen LogP contribution in [-0.2, 0) is 10.5 Å². The SMILES string of the molecule is CCN(CC)c1ccc(C2C3=C(CC(C)(C)CC3=O)Nc3nc(SCc4ccccc4F)[nH]c(=O)c32)cc1. The number of allylic oxidation sites excluding steroid dienone is 2. The zero-order valence-electron chi connectivity index (χ0n) is 22.2. The van der Waals surface area contributed by atoms with Gasteiger partial charge in [0.05, 0.1) is 5.56 Å². The van der Waals surface area contributed by atoms with Gasteiger partial charge in [0.1, 0.15) is 11.6 Å². The number of aromatic nitrogens is 2. The first-order chi connectivity index (χ1) is 18.2. The Kier molecular flexibility index (Phi) is 7.18. The molecule has 1 aliphatic carbocycles. The first-order valence-electron chi connectivity index (χ1n) is 13.1. The highest BCUT2D eigenvalue weighted by Crippen LogP contribution is 2.47. The van der Waals surface area contributed by atoms with E-state index in [0.29, 0.717) is 46.3 Å². The van der Waals surface area contributed by atoms with Crippen LogP contribution in [-0.4, -0.2) is 28.8 Å². The van der Waals surface area contributed by atoms with E-state index in [0.717, 1.165) is 30.0 Å². The second kappa shape index (κ2) is 10.4. The lowest BCUT2D eigenvalue weighted by Gasteiger charge is -2.38. The molecule has 0 radical (unpaired) electrons. The minimum absolute atomic E-state index is 0.0598. The lowest BCUT2D eigenvalue weighted by Crippen LogP contribution is -2.37. The van der Waals surface area contributed by atoms with Crippen LogP contribution in [0.5, 0.6) is 0 Å². The second-order valence-electron chi connectivity index (χ2n) is 10.7. The molecule has 1 atom stereocenters. The third-order valence-electron chi connectivity index (χ3n) is 7.38. The standard InChI is InChI=1S/C30H33FN4O2S/c1-5-35(6-2)20-13-11-18(12-14-20)24-25-22(15-30(3,4)16-23(25)36)32-27-26(24)28(37)34-29(33-27)38-17-19-9-7-8-10-21(19)31/h7-14,24H,5-6,15-17H2,1-4H3,(H2,32,33,34,37). The fourth-order valence-corrected chi connectivity index (χ4v) is 6.37. The average molecular weight is 533 g/mol. The summed E-state index contributed by atoms with van der Waals surface area (Å²) in [7, 11) is 0. The van der Waals surface area contributed by atoms with E-state index in [1.165, 1.54) is 17.8 Å². The number of anilines is 2. The van der Waals surface area contributed by atoms with Gasteiger partial charge in [-0.2, -0.15) is 0 Å². The normalized spacial score (nSPS) is 18.0. The third kappa shape index (κ3) is 5.01. The zero-order valence-corrected chi connectivity index (χ0v) is 23.0. The van der Waals surface area contributed by atoms with Gasteiger partial charge in [-0.15, -0.1) is 0 Å². The second-order valence-corrected chi connectivity index (χ2v) is 11.6. The number of Topliss-reactive ketones (excluding diaryl/α,β-unsaturated/α-hetero) is 1. The number of aromatic amines is 1. The Balaban J connectivity index is 1.57. The minimum atomic E-state index is -0.502. The van der Waals surface area contributed by atoms with Gasteiger partial charge < -0.3 is 15.2 Å². The Bertz CT molecular complexity index is 1460. The highest BCUT2D eigenvalue weighted by molar-refractivity contribution is 7.98. The number of H-pyrrole nitrogens is 1. The van der Waals surface area contributed by atoms with Crippen molar-refractivity contribution >= 4 is 29.1 Å². The van der Waals surface area contributed by atoms with Crippen molar-refractivity contribution < 1.29 is 9.18 Å². The van der Waals surface area contributed by atoms with E-state index in [2.05, 4.69) is 55.0 Å². The van der Waals surface area contributed by atoms with Crippen molar-refractivity contribution in [3.05, 3.63) is 92.7 Å². The van der Waals surface area contributed by atoms with Gasteiger partial charge in [-0.1, -0.05) is 55.9 Å². The molecule has 3 aromatic rings. The quantitative estimate of drug-likeness (QED) is 0.277. The number of ketones is 1. The number of nitrogens with zero attached hydrogens (tertiary/aromatic N) is 2. The van der Waals surface area contributed by atoms with Gasteiger partial charge in [0, 0.05) is 48.1 Å². The Morgan fingerprint density at radius 1 is 1.05 bits per heavy atom. The van der Waals surface area contributed by atoms with Crippen molar-refractivity contribution in [1.82, 2.24) is 9.97 Å². The topological polar surface area (TPSA) is 78.1 Å². The fourth-order valence-electron chi connectivity index (χ4n) is 5.52. The van der Waals surface area contributed by atoms with Crippen LogP contribution < -0.4 is 15.8 Å². The number of thioether (sulfide) groups is 1. The van der Waals surface area contributed by atoms with Gasteiger partial charge in [0.25, 0.3) is 5.56 Å². The fraction of sp³-hybridized carbons (Fsp3) is 0.367. The smallest absolute Gasteiger partial charge is 0.257 e. The molecule has 1 unspecified atom stereocenters. The summed E-state index contributed by atoms with van der Waals surface area (Å²) in [6.45, 7) is 10.2. The van der Waals surface area contributed by atoms with E-state index in [-0.39, 0.29) is 22.6 Å². The third-order valence-corrected chi connectivity index (χ3v) is 8.30. The van der Waals surface area contributed by atoms with Crippen molar-refractivity contribution in [2.75, 3.05) is 23.3 Å². The minimum Gasteiger partial charge on any atom is -0.372 e. The molecule has 2 heterocycles. The highest BCUT2D eigenvalue weighted by atomic mass is 32.2. The first-order valence-corrected chi connectivity index (χ1v) is 14.1. The molecule has 1 aliphatic heterocycles. The summed E-state index contributed by atoms with van der Waals surface area (Å²) in [4.78, 5) is 37.0. The molecular formula is C30H33FN4O2S. The molecule has 38 heavy (non-hydrogen) atoms. The summed E-state index contributed by atoms with van der Waals surface area (Å²) in [5.74, 6) is 0.0720. The highest BCUT2D eigenvalue weighted by Gasteiger charge is 2.42. The maximum absolute atomic E-state index is 14.1. The van der Waals surface area contributed by atoms with Gasteiger partial charge in [0.15, 0.2) is 10.9 Å². The Labute approximate surface area is 226 Å². The van der Waals surface area contributed by atoms with Gasteiger partial charge >= 0.3 is 0 Å². The number of fused-ring (bicyclic) bond motifs is 1. The molecule has 0 saturated heterocycles. The summed E-state index contributed by atoms with van der Waals surface area (Å²) in [6, 6.07) is 14.7. The zero-order chi connectivity index (χ0) is 27.0. The number of carbonyl (C=O) groups is 1. The monoisotopic (exact) mass is 532 g/mol. The molecule has 2 aliphatic rings. The number of carbonyl (C=O) groups excluding carboxylic acids is 1. The average Bonchev–Trinajstić information content (AvgIpc) is 2.87. The van der Waals surface area contributed by atoms with Crippen LogP contribution in [0.15, 0.2) is 69.8 Å². The Hall–Kier alpha value is -3.39. The predicted molar refractivity (Wildman–Crippen MR) is 151 cm³/mol. The number of hydrogen-bond donors (Lipinski definition) is 2. The van der Waals surface area contributed by atoms with Crippen LogP contribution in [0.25, 0.3) is 0 Å². The molecule has 1 aromatic heterocycles. The van der Waals surface area contributed by atoms with E-state index in [4.69, 9.17) is 4.98 Å². The number of nitrogens with one attached hydrogen (secondary N) is 2. The summed E-state index contributed by atoms with van der Waals surface area (Å²) in [5.41, 5.74) is 3.99. The molecule has 2 N–H and O–H groups in total. The van der Waals surface area contributed by atoms with Crippen molar-refractivity contribution in [3.8, 4) is 0 Å². The summed E-state index contributed by atoms with van der Waals surface area (Å²) in [6.07, 6.45) is 1.12. The summed E-state index contributed by atoms with van der Waals surface area (Å²) >= 11 is 1.28. The molecule has 0 amide bonds. The van der Waals surface area contributed by atoms with Crippen LogP contribution in [0.4, 0.5) is 15.9 Å². The Morgan fingerprint density at radius 3 is 2.45 bits per heavy atom. The molecule has 8 heteroatoms. The van der Waals surface area contributed by atoms with Crippen molar-refractivity contribution in [2.24, 2.45) is 5.41 Å². The van der Waals surface area contributed by atoms with Crippen LogP contribution >= 0.6 is 11.8 Å². The molecule has 0 saturated carbocycles. The summed E-state index contributed by atoms with van der Waals surface area (Å²) < 4.78 is 14.1. The Morgan fingerprint density at radius 2 is 1.76 bits per heavy atom. The van der Waals surface area contributed by atoms with Gasteiger partial charge in [-0.05, 0) is 55.0 Å². The molecular weight excluding hydrogens is 499 g/mol. The van der Waals surface area contributed by atoms with E-state index in [1.54, 1.807) is 18.2 Å². The molecule has 0 bridgehead atoms. The molecule has 0 fully saturated rings. The van der Waals surface area contributed by atoms with E-state index in [9.17, 15) is 14.0 Å².